The van der Waals surface area contributed by atoms with Gasteiger partial charge in [0.25, 0.3) is 0 Å². The molecule has 0 saturated heterocycles. The van der Waals surface area contributed by atoms with Gasteiger partial charge in [-0.3, -0.25) is 4.79 Å². The first-order chi connectivity index (χ1) is 10.2. The van der Waals surface area contributed by atoms with Crippen molar-refractivity contribution >= 4 is 5.97 Å². The molecule has 0 spiro atoms. The van der Waals surface area contributed by atoms with E-state index in [9.17, 15) is 4.79 Å². The number of esters is 1. The van der Waals surface area contributed by atoms with E-state index in [2.05, 4.69) is 17.1 Å². The molecule has 5 nitrogen and oxygen atoms in total. The molecule has 1 aromatic heterocycles. The first kappa shape index (κ1) is 13.8. The summed E-state index contributed by atoms with van der Waals surface area (Å²) in [6, 6.07) is 9.39. The number of nitrogens with zero attached hydrogens (tertiary/aromatic N) is 2. The molecule has 0 radical (unpaired) electrons. The van der Waals surface area contributed by atoms with E-state index in [1.165, 1.54) is 0 Å². The Hall–Kier alpha value is -2.17. The molecule has 3 atom stereocenters. The zero-order valence-corrected chi connectivity index (χ0v) is 12.2. The van der Waals surface area contributed by atoms with E-state index in [1.54, 1.807) is 6.92 Å². The highest BCUT2D eigenvalue weighted by Crippen LogP contribution is 2.45. The zero-order chi connectivity index (χ0) is 14.8. The van der Waals surface area contributed by atoms with Crippen LogP contribution in [0.15, 0.2) is 34.9 Å². The van der Waals surface area contributed by atoms with Gasteiger partial charge in [0.15, 0.2) is 11.7 Å². The molecule has 21 heavy (non-hydrogen) atoms. The molecule has 1 fully saturated rings. The quantitative estimate of drug-likeness (QED) is 0.791. The lowest BCUT2D eigenvalue weighted by atomic mass is 9.99. The summed E-state index contributed by atoms with van der Waals surface area (Å²) in [4.78, 5) is 16.7. The van der Waals surface area contributed by atoms with Gasteiger partial charge in [-0.15, -0.1) is 0 Å². The molecular weight excluding hydrogens is 268 g/mol. The molecule has 2 aromatic rings. The summed E-state index contributed by atoms with van der Waals surface area (Å²) in [5, 5.41) is 4.02. The second-order valence-electron chi connectivity index (χ2n) is 5.41. The monoisotopic (exact) mass is 286 g/mol. The van der Waals surface area contributed by atoms with Gasteiger partial charge in [0.2, 0.25) is 5.89 Å². The van der Waals surface area contributed by atoms with Crippen molar-refractivity contribution in [2.24, 2.45) is 5.92 Å². The van der Waals surface area contributed by atoms with Crippen molar-refractivity contribution < 1.29 is 14.1 Å². The summed E-state index contributed by atoms with van der Waals surface area (Å²) < 4.78 is 10.5. The van der Waals surface area contributed by atoms with Crippen LogP contribution in [0.25, 0.3) is 0 Å². The number of carbonyl (C=O) groups excluding carboxylic acids is 1. The van der Waals surface area contributed by atoms with E-state index < -0.39 is 5.92 Å². The lowest BCUT2D eigenvalue weighted by molar-refractivity contribution is -0.144. The van der Waals surface area contributed by atoms with E-state index in [0.29, 0.717) is 30.2 Å². The minimum atomic E-state index is -0.651. The maximum absolute atomic E-state index is 12.3. The zero-order valence-electron chi connectivity index (χ0n) is 12.2. The molecule has 1 saturated carbocycles. The highest BCUT2D eigenvalue weighted by Gasteiger charge is 2.39. The molecule has 5 heteroatoms. The van der Waals surface area contributed by atoms with Gasteiger partial charge in [-0.1, -0.05) is 42.4 Å². The van der Waals surface area contributed by atoms with Gasteiger partial charge in [-0.05, 0) is 24.8 Å². The molecule has 0 amide bonds. The molecule has 3 unspecified atom stereocenters. The number of hydrogen-bond acceptors (Lipinski definition) is 5. The fourth-order valence-electron chi connectivity index (χ4n) is 2.45. The standard InChI is InChI=1S/C16H18N2O3/c1-3-20-16(19)13(11-7-5-4-6-8-11)15-17-14(18-21-15)12-9-10(12)2/h4-8,10,12-13H,3,9H2,1-2H3. The third kappa shape index (κ3) is 2.82. The molecule has 1 aliphatic rings. The largest absolute Gasteiger partial charge is 0.465 e. The minimum absolute atomic E-state index is 0.314. The topological polar surface area (TPSA) is 65.2 Å². The van der Waals surface area contributed by atoms with Crippen LogP contribution in [-0.2, 0) is 9.53 Å². The van der Waals surface area contributed by atoms with Gasteiger partial charge >= 0.3 is 5.97 Å². The van der Waals surface area contributed by atoms with E-state index in [4.69, 9.17) is 9.26 Å². The van der Waals surface area contributed by atoms with E-state index >= 15 is 0 Å². The van der Waals surface area contributed by atoms with Crippen molar-refractivity contribution in [2.45, 2.75) is 32.1 Å². The minimum Gasteiger partial charge on any atom is -0.465 e. The number of carbonyl (C=O) groups is 1. The van der Waals surface area contributed by atoms with Gasteiger partial charge in [0.1, 0.15) is 0 Å². The van der Waals surface area contributed by atoms with E-state index in [0.717, 1.165) is 12.0 Å². The second-order valence-corrected chi connectivity index (χ2v) is 5.41. The predicted octanol–water partition coefficient (Wildman–Crippen LogP) is 2.89. The maximum atomic E-state index is 12.3. The Morgan fingerprint density at radius 1 is 1.43 bits per heavy atom. The molecular formula is C16H18N2O3. The SMILES string of the molecule is CCOC(=O)C(c1ccccc1)c1nc(C2CC2C)no1. The van der Waals surface area contributed by atoms with Crippen molar-refractivity contribution in [3.8, 4) is 0 Å². The van der Waals surface area contributed by atoms with Crippen LogP contribution in [0.1, 0.15) is 49.4 Å². The Labute approximate surface area is 123 Å². The smallest absolute Gasteiger partial charge is 0.323 e. The number of benzene rings is 1. The Bertz CT molecular complexity index is 623. The fraction of sp³-hybridized carbons (Fsp3) is 0.438. The third-order valence-corrected chi connectivity index (χ3v) is 3.80. The summed E-state index contributed by atoms with van der Waals surface area (Å²) in [6.45, 7) is 4.26. The van der Waals surface area contributed by atoms with Crippen LogP contribution in [0, 0.1) is 5.92 Å². The van der Waals surface area contributed by atoms with Crippen molar-refractivity contribution in [3.05, 3.63) is 47.6 Å². The van der Waals surface area contributed by atoms with Crippen LogP contribution in [0.2, 0.25) is 0 Å². The van der Waals surface area contributed by atoms with Crippen LogP contribution in [-0.4, -0.2) is 22.7 Å². The Balaban J connectivity index is 1.91. The third-order valence-electron chi connectivity index (χ3n) is 3.80. The lowest BCUT2D eigenvalue weighted by Crippen LogP contribution is -2.17. The maximum Gasteiger partial charge on any atom is 0.323 e. The van der Waals surface area contributed by atoms with Crippen LogP contribution >= 0.6 is 0 Å². The first-order valence-corrected chi connectivity index (χ1v) is 7.25. The molecule has 0 bridgehead atoms. The normalized spacial score (nSPS) is 21.8. The number of ether oxygens (including phenoxy) is 1. The van der Waals surface area contributed by atoms with Crippen LogP contribution in [0.3, 0.4) is 0 Å². The molecule has 1 aliphatic carbocycles. The van der Waals surface area contributed by atoms with Gasteiger partial charge in [0.05, 0.1) is 6.61 Å². The van der Waals surface area contributed by atoms with Gasteiger partial charge in [-0.2, -0.15) is 4.98 Å². The van der Waals surface area contributed by atoms with Gasteiger partial charge < -0.3 is 9.26 Å². The molecule has 0 N–H and O–H groups in total. The van der Waals surface area contributed by atoms with Gasteiger partial charge in [0, 0.05) is 5.92 Å². The Morgan fingerprint density at radius 2 is 2.14 bits per heavy atom. The number of aromatic nitrogens is 2. The summed E-state index contributed by atoms with van der Waals surface area (Å²) in [6.07, 6.45) is 1.08. The summed E-state index contributed by atoms with van der Waals surface area (Å²) in [5.74, 6) is 0.954. The molecule has 0 aliphatic heterocycles. The fourth-order valence-corrected chi connectivity index (χ4v) is 2.45. The molecule has 3 rings (SSSR count). The lowest BCUT2D eigenvalue weighted by Gasteiger charge is -2.11. The average Bonchev–Trinajstić information content (AvgIpc) is 3.02. The second kappa shape index (κ2) is 5.68. The summed E-state index contributed by atoms with van der Waals surface area (Å²) >= 11 is 0. The highest BCUT2D eigenvalue weighted by molar-refractivity contribution is 5.80. The first-order valence-electron chi connectivity index (χ1n) is 7.25. The molecule has 1 aromatic carbocycles. The van der Waals surface area contributed by atoms with Crippen molar-refractivity contribution in [2.75, 3.05) is 6.61 Å². The van der Waals surface area contributed by atoms with Crippen LogP contribution in [0.4, 0.5) is 0 Å². The van der Waals surface area contributed by atoms with Crippen molar-refractivity contribution in [3.63, 3.8) is 0 Å². The van der Waals surface area contributed by atoms with Crippen molar-refractivity contribution in [1.82, 2.24) is 10.1 Å². The summed E-state index contributed by atoms with van der Waals surface area (Å²) in [7, 11) is 0. The predicted molar refractivity (Wildman–Crippen MR) is 75.7 cm³/mol. The van der Waals surface area contributed by atoms with Crippen LogP contribution < -0.4 is 0 Å². The summed E-state index contributed by atoms with van der Waals surface area (Å²) in [5.41, 5.74) is 0.801. The van der Waals surface area contributed by atoms with Crippen molar-refractivity contribution in [1.29, 1.82) is 0 Å². The van der Waals surface area contributed by atoms with Gasteiger partial charge in [-0.25, -0.2) is 0 Å². The van der Waals surface area contributed by atoms with E-state index in [-0.39, 0.29) is 5.97 Å². The number of hydrogen-bond donors (Lipinski definition) is 0. The Kier molecular flexibility index (Phi) is 3.73. The van der Waals surface area contributed by atoms with E-state index in [1.807, 2.05) is 30.3 Å². The highest BCUT2D eigenvalue weighted by atomic mass is 16.5. The number of rotatable bonds is 5. The average molecular weight is 286 g/mol. The van der Waals surface area contributed by atoms with Crippen LogP contribution in [0.5, 0.6) is 0 Å². The molecule has 110 valence electrons. The molecule has 1 heterocycles. The Morgan fingerprint density at radius 3 is 2.76 bits per heavy atom.